The average molecular weight is 237 g/mol. The van der Waals surface area contributed by atoms with Gasteiger partial charge in [-0.15, -0.1) is 0 Å². The third-order valence-corrected chi connectivity index (χ3v) is 3.31. The summed E-state index contributed by atoms with van der Waals surface area (Å²) < 4.78 is 0. The standard InChI is InChI=1S/C15H15N3/c1-18-15(13-5-3-2-4-6-13)11-14(17-18)12-7-9-16-10-8-12/h2-10,15H,11H2,1H3/t15-/m1/s1. The number of hydrogen-bond acceptors (Lipinski definition) is 3. The lowest BCUT2D eigenvalue weighted by Gasteiger charge is -2.18. The van der Waals surface area contributed by atoms with Gasteiger partial charge in [0.1, 0.15) is 0 Å². The summed E-state index contributed by atoms with van der Waals surface area (Å²) in [6.45, 7) is 0. The second-order valence-corrected chi connectivity index (χ2v) is 4.49. The monoisotopic (exact) mass is 237 g/mol. The smallest absolute Gasteiger partial charge is 0.0773 e. The molecule has 0 unspecified atom stereocenters. The van der Waals surface area contributed by atoms with Gasteiger partial charge in [0.25, 0.3) is 0 Å². The SMILES string of the molecule is CN1N=C(c2ccncc2)C[C@@H]1c1ccccc1. The predicted octanol–water partition coefficient (Wildman–Crippen LogP) is 2.86. The Labute approximate surface area is 107 Å². The van der Waals surface area contributed by atoms with Crippen LogP contribution < -0.4 is 0 Å². The van der Waals surface area contributed by atoms with Gasteiger partial charge < -0.3 is 0 Å². The molecule has 0 saturated carbocycles. The molecule has 0 aliphatic carbocycles. The number of benzene rings is 1. The highest BCUT2D eigenvalue weighted by Crippen LogP contribution is 2.30. The Kier molecular flexibility index (Phi) is 2.81. The van der Waals surface area contributed by atoms with Crippen LogP contribution in [0.15, 0.2) is 60.0 Å². The fourth-order valence-electron chi connectivity index (χ4n) is 2.34. The first-order chi connectivity index (χ1) is 8.84. The number of pyridine rings is 1. The van der Waals surface area contributed by atoms with Gasteiger partial charge in [-0.05, 0) is 17.7 Å². The van der Waals surface area contributed by atoms with Gasteiger partial charge in [-0.1, -0.05) is 30.3 Å². The molecule has 1 aromatic carbocycles. The van der Waals surface area contributed by atoms with Crippen molar-refractivity contribution < 1.29 is 0 Å². The number of aromatic nitrogens is 1. The molecule has 0 fully saturated rings. The predicted molar refractivity (Wildman–Crippen MR) is 72.3 cm³/mol. The molecule has 3 rings (SSSR count). The van der Waals surface area contributed by atoms with Gasteiger partial charge in [-0.3, -0.25) is 9.99 Å². The fourth-order valence-corrected chi connectivity index (χ4v) is 2.34. The first kappa shape index (κ1) is 11.0. The molecule has 18 heavy (non-hydrogen) atoms. The number of hydrazone groups is 1. The van der Waals surface area contributed by atoms with Crippen molar-refractivity contribution in [2.24, 2.45) is 5.10 Å². The van der Waals surface area contributed by atoms with Crippen LogP contribution in [0.2, 0.25) is 0 Å². The van der Waals surface area contributed by atoms with Crippen LogP contribution >= 0.6 is 0 Å². The van der Waals surface area contributed by atoms with Gasteiger partial charge in [-0.25, -0.2) is 0 Å². The molecule has 0 N–H and O–H groups in total. The van der Waals surface area contributed by atoms with E-state index in [4.69, 9.17) is 0 Å². The van der Waals surface area contributed by atoms with Gasteiger partial charge in [-0.2, -0.15) is 5.10 Å². The minimum atomic E-state index is 0.342. The van der Waals surface area contributed by atoms with Crippen molar-refractivity contribution in [3.63, 3.8) is 0 Å². The van der Waals surface area contributed by atoms with Crippen molar-refractivity contribution in [3.8, 4) is 0 Å². The summed E-state index contributed by atoms with van der Waals surface area (Å²) in [7, 11) is 2.03. The fraction of sp³-hybridized carbons (Fsp3) is 0.200. The van der Waals surface area contributed by atoms with E-state index in [9.17, 15) is 0 Å². The molecule has 0 bridgehead atoms. The van der Waals surface area contributed by atoms with Crippen LogP contribution in [0.3, 0.4) is 0 Å². The molecule has 2 heterocycles. The second-order valence-electron chi connectivity index (χ2n) is 4.49. The normalized spacial score (nSPS) is 18.8. The average Bonchev–Trinajstić information content (AvgIpc) is 2.83. The van der Waals surface area contributed by atoms with Crippen molar-refractivity contribution in [3.05, 3.63) is 66.0 Å². The van der Waals surface area contributed by atoms with Crippen LogP contribution in [0.5, 0.6) is 0 Å². The zero-order chi connectivity index (χ0) is 12.4. The minimum absolute atomic E-state index is 0.342. The van der Waals surface area contributed by atoms with E-state index in [0.717, 1.165) is 17.7 Å². The Bertz CT molecular complexity index is 548. The lowest BCUT2D eigenvalue weighted by Crippen LogP contribution is -2.13. The highest BCUT2D eigenvalue weighted by Gasteiger charge is 2.25. The van der Waals surface area contributed by atoms with Crippen molar-refractivity contribution in [1.82, 2.24) is 9.99 Å². The summed E-state index contributed by atoms with van der Waals surface area (Å²) in [5.74, 6) is 0. The Morgan fingerprint density at radius 3 is 2.50 bits per heavy atom. The lowest BCUT2D eigenvalue weighted by molar-refractivity contribution is 0.290. The van der Waals surface area contributed by atoms with E-state index in [-0.39, 0.29) is 0 Å². The molecule has 3 heteroatoms. The van der Waals surface area contributed by atoms with E-state index in [1.807, 2.05) is 42.6 Å². The van der Waals surface area contributed by atoms with Crippen molar-refractivity contribution in [2.45, 2.75) is 12.5 Å². The molecule has 0 radical (unpaired) electrons. The second kappa shape index (κ2) is 4.61. The van der Waals surface area contributed by atoms with Gasteiger partial charge >= 0.3 is 0 Å². The summed E-state index contributed by atoms with van der Waals surface area (Å²) >= 11 is 0. The molecule has 3 nitrogen and oxygen atoms in total. The first-order valence-electron chi connectivity index (χ1n) is 6.10. The summed E-state index contributed by atoms with van der Waals surface area (Å²) in [5, 5.41) is 6.69. The van der Waals surface area contributed by atoms with Gasteiger partial charge in [0.15, 0.2) is 0 Å². The van der Waals surface area contributed by atoms with Crippen LogP contribution in [0.4, 0.5) is 0 Å². The summed E-state index contributed by atoms with van der Waals surface area (Å²) in [6.07, 6.45) is 4.58. The Morgan fingerprint density at radius 2 is 1.78 bits per heavy atom. The molecule has 0 amide bonds. The maximum absolute atomic E-state index is 4.64. The van der Waals surface area contributed by atoms with Crippen molar-refractivity contribution in [1.29, 1.82) is 0 Å². The van der Waals surface area contributed by atoms with Crippen LogP contribution in [0, 0.1) is 0 Å². The third kappa shape index (κ3) is 1.99. The zero-order valence-electron chi connectivity index (χ0n) is 10.3. The summed E-state index contributed by atoms with van der Waals surface area (Å²) in [5.41, 5.74) is 3.61. The van der Waals surface area contributed by atoms with Gasteiger partial charge in [0.2, 0.25) is 0 Å². The lowest BCUT2D eigenvalue weighted by atomic mass is 9.99. The number of hydrogen-bond donors (Lipinski definition) is 0. The summed E-state index contributed by atoms with van der Waals surface area (Å²) in [6, 6.07) is 14.9. The Hall–Kier alpha value is -2.16. The zero-order valence-corrected chi connectivity index (χ0v) is 10.3. The van der Waals surface area contributed by atoms with E-state index >= 15 is 0 Å². The number of rotatable bonds is 2. The molecule has 0 saturated heterocycles. The highest BCUT2D eigenvalue weighted by molar-refractivity contribution is 6.01. The minimum Gasteiger partial charge on any atom is -0.292 e. The maximum Gasteiger partial charge on any atom is 0.0773 e. The van der Waals surface area contributed by atoms with E-state index in [0.29, 0.717) is 6.04 Å². The summed E-state index contributed by atoms with van der Waals surface area (Å²) in [4.78, 5) is 4.04. The quantitative estimate of drug-likeness (QED) is 0.803. The molecule has 1 aromatic heterocycles. The molecule has 0 spiro atoms. The van der Waals surface area contributed by atoms with E-state index in [2.05, 4.69) is 34.4 Å². The van der Waals surface area contributed by atoms with Gasteiger partial charge in [0, 0.05) is 31.4 Å². The van der Waals surface area contributed by atoms with Crippen LogP contribution in [0.1, 0.15) is 23.6 Å². The van der Waals surface area contributed by atoms with Crippen molar-refractivity contribution in [2.75, 3.05) is 7.05 Å². The molecular formula is C15H15N3. The molecule has 90 valence electrons. The molecule has 1 aliphatic rings. The van der Waals surface area contributed by atoms with Crippen LogP contribution in [-0.2, 0) is 0 Å². The van der Waals surface area contributed by atoms with Crippen LogP contribution in [0.25, 0.3) is 0 Å². The molecule has 2 aromatic rings. The maximum atomic E-state index is 4.64. The molecular weight excluding hydrogens is 222 g/mol. The highest BCUT2D eigenvalue weighted by atomic mass is 15.5. The topological polar surface area (TPSA) is 28.5 Å². The third-order valence-electron chi connectivity index (χ3n) is 3.31. The van der Waals surface area contributed by atoms with Crippen LogP contribution in [-0.4, -0.2) is 22.8 Å². The first-order valence-corrected chi connectivity index (χ1v) is 6.10. The number of nitrogens with zero attached hydrogens (tertiary/aromatic N) is 3. The Balaban J connectivity index is 1.85. The van der Waals surface area contributed by atoms with Crippen molar-refractivity contribution >= 4 is 5.71 Å². The largest absolute Gasteiger partial charge is 0.292 e. The Morgan fingerprint density at radius 1 is 1.06 bits per heavy atom. The van der Waals surface area contributed by atoms with E-state index < -0.39 is 0 Å². The van der Waals surface area contributed by atoms with E-state index in [1.165, 1.54) is 5.56 Å². The molecule has 1 atom stereocenters. The molecule has 1 aliphatic heterocycles. The van der Waals surface area contributed by atoms with Gasteiger partial charge in [0.05, 0.1) is 11.8 Å². The van der Waals surface area contributed by atoms with E-state index in [1.54, 1.807) is 0 Å².